The number of hydrogen-bond acceptors (Lipinski definition) is 1. The lowest BCUT2D eigenvalue weighted by molar-refractivity contribution is 0.153. The van der Waals surface area contributed by atoms with Gasteiger partial charge in [-0.1, -0.05) is 0 Å². The molecule has 1 heterocycles. The molecule has 0 amide bonds. The van der Waals surface area contributed by atoms with E-state index in [4.69, 9.17) is 0 Å². The summed E-state index contributed by atoms with van der Waals surface area (Å²) in [5, 5.41) is 3.54. The molecule has 0 radical (unpaired) electrons. The van der Waals surface area contributed by atoms with Gasteiger partial charge in [0, 0.05) is 6.04 Å². The van der Waals surface area contributed by atoms with E-state index in [0.717, 1.165) is 23.8 Å². The number of fused-ring (bicyclic) bond motifs is 5. The third-order valence-electron chi connectivity index (χ3n) is 3.68. The molecule has 3 rings (SSSR count). The molecule has 0 aromatic rings. The second-order valence-electron chi connectivity index (χ2n) is 3.93. The third kappa shape index (κ3) is 0.629. The Labute approximate surface area is 68.0 Å². The zero-order valence-corrected chi connectivity index (χ0v) is 6.86. The summed E-state index contributed by atoms with van der Waals surface area (Å²) in [4.78, 5) is 0. The topological polar surface area (TPSA) is 12.0 Å². The van der Waals surface area contributed by atoms with E-state index in [0.29, 0.717) is 0 Å². The van der Waals surface area contributed by atoms with Gasteiger partial charge in [0.15, 0.2) is 0 Å². The summed E-state index contributed by atoms with van der Waals surface area (Å²) in [5.41, 5.74) is 0. The monoisotopic (exact) mass is 159 g/mol. The first-order chi connectivity index (χ1) is 4.45. The molecule has 10 heavy (non-hydrogen) atoms. The number of hydrogen-bond donors (Lipinski definition) is 1. The van der Waals surface area contributed by atoms with Gasteiger partial charge in [-0.3, -0.25) is 0 Å². The first kappa shape index (κ1) is 6.93. The van der Waals surface area contributed by atoms with Gasteiger partial charge in [-0.25, -0.2) is 0 Å². The number of nitrogens with one attached hydrogen (secondary N) is 1. The fraction of sp³-hybridized carbons (Fsp3) is 1.00. The van der Waals surface area contributed by atoms with Crippen molar-refractivity contribution in [2.45, 2.75) is 25.3 Å². The van der Waals surface area contributed by atoms with E-state index < -0.39 is 0 Å². The van der Waals surface area contributed by atoms with Crippen molar-refractivity contribution in [2.75, 3.05) is 6.54 Å². The number of halogens is 1. The van der Waals surface area contributed by atoms with Crippen LogP contribution in [-0.2, 0) is 0 Å². The third-order valence-corrected chi connectivity index (χ3v) is 3.68. The molecule has 1 nitrogen and oxygen atoms in total. The van der Waals surface area contributed by atoms with Crippen molar-refractivity contribution in [3.05, 3.63) is 0 Å². The molecule has 2 saturated carbocycles. The Bertz CT molecular complexity index is 128. The predicted octanol–water partition coefficient (Wildman–Crippen LogP) is 1.43. The van der Waals surface area contributed by atoms with E-state index in [9.17, 15) is 0 Å². The lowest BCUT2D eigenvalue weighted by Gasteiger charge is -2.41. The van der Waals surface area contributed by atoms with Crippen molar-refractivity contribution < 1.29 is 0 Å². The average Bonchev–Trinajstić information content (AvgIpc) is 2.18. The molecule has 3 fully saturated rings. The molecule has 1 saturated heterocycles. The highest BCUT2D eigenvalue weighted by Gasteiger charge is 2.51. The number of rotatable bonds is 0. The lowest BCUT2D eigenvalue weighted by atomic mass is 9.79. The van der Waals surface area contributed by atoms with E-state index in [1.54, 1.807) is 12.8 Å². The van der Waals surface area contributed by atoms with E-state index >= 15 is 0 Å². The van der Waals surface area contributed by atoms with Crippen molar-refractivity contribution in [2.24, 2.45) is 17.8 Å². The van der Waals surface area contributed by atoms with Gasteiger partial charge in [0.05, 0.1) is 0 Å². The molecule has 2 aliphatic carbocycles. The highest BCUT2D eigenvalue weighted by molar-refractivity contribution is 5.85. The van der Waals surface area contributed by atoms with Crippen LogP contribution in [0.5, 0.6) is 0 Å². The molecule has 0 spiro atoms. The van der Waals surface area contributed by atoms with Gasteiger partial charge in [0.1, 0.15) is 0 Å². The maximum absolute atomic E-state index is 3.54. The van der Waals surface area contributed by atoms with Crippen LogP contribution in [0.1, 0.15) is 19.3 Å². The van der Waals surface area contributed by atoms with Crippen LogP contribution in [-0.4, -0.2) is 12.6 Å². The Kier molecular flexibility index (Phi) is 1.47. The zero-order valence-electron chi connectivity index (χ0n) is 6.05. The maximum atomic E-state index is 3.54. The average molecular weight is 160 g/mol. The maximum Gasteiger partial charge on any atom is 0.0139 e. The highest BCUT2D eigenvalue weighted by Crippen LogP contribution is 2.51. The Morgan fingerprint density at radius 2 is 1.90 bits per heavy atom. The molecular formula is C8H14ClN. The van der Waals surface area contributed by atoms with Crippen LogP contribution in [0.25, 0.3) is 0 Å². The van der Waals surface area contributed by atoms with Crippen LogP contribution in [0.4, 0.5) is 0 Å². The van der Waals surface area contributed by atoms with Crippen LogP contribution in [0.15, 0.2) is 0 Å². The lowest BCUT2D eigenvalue weighted by Crippen LogP contribution is -2.55. The largest absolute Gasteiger partial charge is 0.313 e. The van der Waals surface area contributed by atoms with Crippen LogP contribution in [0, 0.1) is 17.8 Å². The SMILES string of the molecule is C1CC2CC1C1CNC21.Cl. The Hall–Kier alpha value is 0.250. The Balaban J connectivity index is 0.000000403. The van der Waals surface area contributed by atoms with Crippen molar-refractivity contribution >= 4 is 12.4 Å². The van der Waals surface area contributed by atoms with Crippen molar-refractivity contribution in [1.82, 2.24) is 5.32 Å². The highest BCUT2D eigenvalue weighted by atomic mass is 35.5. The van der Waals surface area contributed by atoms with Crippen LogP contribution in [0.3, 0.4) is 0 Å². The fourth-order valence-corrected chi connectivity index (χ4v) is 3.13. The molecule has 2 heteroatoms. The summed E-state index contributed by atoms with van der Waals surface area (Å²) in [6, 6.07) is 0.976. The van der Waals surface area contributed by atoms with E-state index in [1.165, 1.54) is 13.0 Å². The minimum atomic E-state index is 0. The molecule has 4 unspecified atom stereocenters. The van der Waals surface area contributed by atoms with Crippen LogP contribution in [0.2, 0.25) is 0 Å². The van der Waals surface area contributed by atoms with Gasteiger partial charge in [-0.2, -0.15) is 0 Å². The summed E-state index contributed by atoms with van der Waals surface area (Å²) in [6.45, 7) is 1.34. The first-order valence-corrected chi connectivity index (χ1v) is 4.18. The minimum Gasteiger partial charge on any atom is -0.313 e. The molecule has 3 aliphatic rings. The smallest absolute Gasteiger partial charge is 0.0139 e. The molecule has 0 aromatic carbocycles. The quantitative estimate of drug-likeness (QED) is 0.564. The molecule has 4 atom stereocenters. The van der Waals surface area contributed by atoms with E-state index in [1.807, 2.05) is 0 Å². The van der Waals surface area contributed by atoms with Crippen molar-refractivity contribution in [3.8, 4) is 0 Å². The first-order valence-electron chi connectivity index (χ1n) is 4.18. The molecule has 0 aromatic heterocycles. The summed E-state index contributed by atoms with van der Waals surface area (Å²) in [6.07, 6.45) is 4.63. The van der Waals surface area contributed by atoms with Gasteiger partial charge < -0.3 is 5.32 Å². The van der Waals surface area contributed by atoms with Crippen molar-refractivity contribution in [1.29, 1.82) is 0 Å². The van der Waals surface area contributed by atoms with Gasteiger partial charge in [-0.15, -0.1) is 12.4 Å². The Morgan fingerprint density at radius 1 is 1.10 bits per heavy atom. The summed E-state index contributed by atoms with van der Waals surface area (Å²) < 4.78 is 0. The Morgan fingerprint density at radius 3 is 2.30 bits per heavy atom. The van der Waals surface area contributed by atoms with Crippen LogP contribution < -0.4 is 5.32 Å². The van der Waals surface area contributed by atoms with Gasteiger partial charge in [0.2, 0.25) is 0 Å². The van der Waals surface area contributed by atoms with Gasteiger partial charge in [0.25, 0.3) is 0 Å². The standard InChI is InChI=1S/C8H13N.ClH/c1-2-6-3-5(1)7-4-9-8(6)7;/h5-9H,1-4H2;1H. The van der Waals surface area contributed by atoms with E-state index in [2.05, 4.69) is 5.32 Å². The zero-order chi connectivity index (χ0) is 5.84. The fourth-order valence-electron chi connectivity index (χ4n) is 3.13. The summed E-state index contributed by atoms with van der Waals surface area (Å²) >= 11 is 0. The molecule has 2 bridgehead atoms. The summed E-state index contributed by atoms with van der Waals surface area (Å²) in [7, 11) is 0. The molecule has 1 aliphatic heterocycles. The predicted molar refractivity (Wildman–Crippen MR) is 43.4 cm³/mol. The second kappa shape index (κ2) is 2.12. The second-order valence-corrected chi connectivity index (χ2v) is 3.93. The van der Waals surface area contributed by atoms with Crippen LogP contribution >= 0.6 is 12.4 Å². The summed E-state index contributed by atoms with van der Waals surface area (Å²) in [5.74, 6) is 3.35. The normalized spacial score (nSPS) is 55.2. The molecule has 1 N–H and O–H groups in total. The molecular weight excluding hydrogens is 146 g/mol. The molecule has 58 valence electrons. The van der Waals surface area contributed by atoms with Crippen molar-refractivity contribution in [3.63, 3.8) is 0 Å². The van der Waals surface area contributed by atoms with Gasteiger partial charge >= 0.3 is 0 Å². The van der Waals surface area contributed by atoms with Gasteiger partial charge in [-0.05, 0) is 43.6 Å². The van der Waals surface area contributed by atoms with E-state index in [-0.39, 0.29) is 12.4 Å². The minimum absolute atomic E-state index is 0.